The van der Waals surface area contributed by atoms with E-state index in [0.717, 1.165) is 17.0 Å². The number of amides is 2. The highest BCUT2D eigenvalue weighted by Gasteiger charge is 2.28. The quantitative estimate of drug-likeness (QED) is 0.638. The molecule has 0 spiro atoms. The van der Waals surface area contributed by atoms with E-state index >= 15 is 0 Å². The second-order valence-electron chi connectivity index (χ2n) is 7.42. The molecule has 8 heteroatoms. The third kappa shape index (κ3) is 4.91. The van der Waals surface area contributed by atoms with Crippen molar-refractivity contribution in [1.82, 2.24) is 20.1 Å². The first-order valence-corrected chi connectivity index (χ1v) is 10.4. The van der Waals surface area contributed by atoms with E-state index in [1.807, 2.05) is 43.3 Å². The molecule has 0 aliphatic carbocycles. The number of H-pyrrole nitrogens is 1. The molecule has 2 aromatic heterocycles. The summed E-state index contributed by atoms with van der Waals surface area (Å²) < 4.78 is 5.42. The topological polar surface area (TPSA) is 100 Å². The number of carbonyl (C=O) groups is 2. The molecule has 1 saturated heterocycles. The van der Waals surface area contributed by atoms with Gasteiger partial charge < -0.3 is 15.0 Å². The summed E-state index contributed by atoms with van der Waals surface area (Å²) >= 11 is 0. The Bertz CT molecular complexity index is 1020. The maximum absolute atomic E-state index is 12.8. The molecule has 1 aliphatic heterocycles. The molecule has 0 radical (unpaired) electrons. The first-order valence-electron chi connectivity index (χ1n) is 10.4. The van der Waals surface area contributed by atoms with Crippen LogP contribution in [0.25, 0.3) is 11.3 Å². The Morgan fingerprint density at radius 3 is 2.65 bits per heavy atom. The van der Waals surface area contributed by atoms with E-state index in [0.29, 0.717) is 43.9 Å². The molecule has 1 aromatic carbocycles. The average molecular weight is 419 g/mol. The van der Waals surface area contributed by atoms with Gasteiger partial charge in [-0.2, -0.15) is 5.10 Å². The molecule has 1 aliphatic rings. The van der Waals surface area contributed by atoms with E-state index in [-0.39, 0.29) is 17.7 Å². The second kappa shape index (κ2) is 9.42. The maximum Gasteiger partial charge on any atom is 0.271 e. The molecule has 1 fully saturated rings. The van der Waals surface area contributed by atoms with Crippen LogP contribution in [0.3, 0.4) is 0 Å². The number of aromatic nitrogens is 3. The van der Waals surface area contributed by atoms with Crippen LogP contribution in [0.2, 0.25) is 0 Å². The number of rotatable bonds is 6. The van der Waals surface area contributed by atoms with Gasteiger partial charge in [0.15, 0.2) is 0 Å². The average Bonchev–Trinajstić information content (AvgIpc) is 3.31. The Kier molecular flexibility index (Phi) is 6.26. The molecule has 2 amide bonds. The predicted molar refractivity (Wildman–Crippen MR) is 117 cm³/mol. The molecule has 0 atom stereocenters. The summed E-state index contributed by atoms with van der Waals surface area (Å²) in [6.07, 6.45) is 4.65. The fraction of sp³-hybridized carbons (Fsp3) is 0.304. The number of ether oxygens (including phenoxy) is 1. The van der Waals surface area contributed by atoms with Gasteiger partial charge in [0.05, 0.1) is 12.3 Å². The van der Waals surface area contributed by atoms with Crippen LogP contribution in [0.1, 0.15) is 30.3 Å². The third-order valence-electron chi connectivity index (χ3n) is 5.35. The third-order valence-corrected chi connectivity index (χ3v) is 5.35. The highest BCUT2D eigenvalue weighted by molar-refractivity contribution is 5.95. The molecule has 0 unspecified atom stereocenters. The fourth-order valence-electron chi connectivity index (χ4n) is 3.65. The molecule has 3 heterocycles. The highest BCUT2D eigenvalue weighted by Crippen LogP contribution is 2.23. The van der Waals surface area contributed by atoms with Crippen molar-refractivity contribution in [2.24, 2.45) is 5.92 Å². The monoisotopic (exact) mass is 419 g/mol. The molecule has 4 rings (SSSR count). The number of likely N-dealkylation sites (tertiary alicyclic amines) is 1. The number of aromatic amines is 1. The Morgan fingerprint density at radius 1 is 1.19 bits per heavy atom. The number of nitrogens with zero attached hydrogens (tertiary/aromatic N) is 3. The van der Waals surface area contributed by atoms with E-state index in [4.69, 9.17) is 4.74 Å². The summed E-state index contributed by atoms with van der Waals surface area (Å²) in [7, 11) is 0. The fourth-order valence-corrected chi connectivity index (χ4v) is 3.65. The molecule has 8 nitrogen and oxygen atoms in total. The van der Waals surface area contributed by atoms with Gasteiger partial charge in [-0.15, -0.1) is 0 Å². The van der Waals surface area contributed by atoms with Gasteiger partial charge >= 0.3 is 0 Å². The summed E-state index contributed by atoms with van der Waals surface area (Å²) in [5.74, 6) is 0.533. The molecule has 3 aromatic rings. The van der Waals surface area contributed by atoms with Crippen LogP contribution in [0.5, 0.6) is 5.75 Å². The first-order chi connectivity index (χ1) is 15.1. The van der Waals surface area contributed by atoms with Gasteiger partial charge in [0, 0.05) is 42.7 Å². The molecule has 31 heavy (non-hydrogen) atoms. The minimum atomic E-state index is -0.122. The van der Waals surface area contributed by atoms with Gasteiger partial charge in [-0.25, -0.2) is 0 Å². The van der Waals surface area contributed by atoms with Gasteiger partial charge in [-0.1, -0.05) is 0 Å². The Hall–Kier alpha value is -3.68. The number of piperidine rings is 1. The van der Waals surface area contributed by atoms with Crippen molar-refractivity contribution >= 4 is 17.5 Å². The van der Waals surface area contributed by atoms with E-state index in [1.54, 1.807) is 23.4 Å². The van der Waals surface area contributed by atoms with Crippen LogP contribution in [-0.2, 0) is 4.79 Å². The number of hydrogen-bond acceptors (Lipinski definition) is 5. The van der Waals surface area contributed by atoms with Crippen LogP contribution in [0.4, 0.5) is 5.69 Å². The molecule has 160 valence electrons. The SMILES string of the molecule is CCOc1ccc(NC(=O)C2CCN(C(=O)c3cc(-c4cccnc4)n[nH]3)CC2)cc1. The number of hydrogen-bond donors (Lipinski definition) is 2. The summed E-state index contributed by atoms with van der Waals surface area (Å²) in [5, 5.41) is 10.0. The summed E-state index contributed by atoms with van der Waals surface area (Å²) in [6, 6.07) is 12.8. The van der Waals surface area contributed by atoms with Crippen molar-refractivity contribution < 1.29 is 14.3 Å². The largest absolute Gasteiger partial charge is 0.494 e. The molecular formula is C23H25N5O3. The van der Waals surface area contributed by atoms with Crippen LogP contribution >= 0.6 is 0 Å². The summed E-state index contributed by atoms with van der Waals surface area (Å²) in [6.45, 7) is 3.59. The Morgan fingerprint density at radius 2 is 1.97 bits per heavy atom. The minimum Gasteiger partial charge on any atom is -0.494 e. The van der Waals surface area contributed by atoms with Crippen LogP contribution in [0, 0.1) is 5.92 Å². The van der Waals surface area contributed by atoms with Gasteiger partial charge in [0.2, 0.25) is 5.91 Å². The van der Waals surface area contributed by atoms with Crippen LogP contribution in [-0.4, -0.2) is 51.6 Å². The lowest BCUT2D eigenvalue weighted by molar-refractivity contribution is -0.121. The molecule has 2 N–H and O–H groups in total. The second-order valence-corrected chi connectivity index (χ2v) is 7.42. The zero-order valence-electron chi connectivity index (χ0n) is 17.4. The molecule has 0 bridgehead atoms. The van der Waals surface area contributed by atoms with Gasteiger partial charge in [0.25, 0.3) is 5.91 Å². The van der Waals surface area contributed by atoms with Crippen molar-refractivity contribution in [3.8, 4) is 17.0 Å². The molecular weight excluding hydrogens is 394 g/mol. The maximum atomic E-state index is 12.8. The van der Waals surface area contributed by atoms with Crippen LogP contribution in [0.15, 0.2) is 54.9 Å². The van der Waals surface area contributed by atoms with E-state index in [1.165, 1.54) is 0 Å². The van der Waals surface area contributed by atoms with Crippen molar-refractivity contribution in [2.45, 2.75) is 19.8 Å². The Balaban J connectivity index is 1.30. The number of anilines is 1. The number of pyridine rings is 1. The van der Waals surface area contributed by atoms with Crippen molar-refractivity contribution in [3.05, 3.63) is 60.6 Å². The van der Waals surface area contributed by atoms with Crippen molar-refractivity contribution in [1.29, 1.82) is 0 Å². The predicted octanol–water partition coefficient (Wildman–Crippen LogP) is 3.36. The standard InChI is InChI=1S/C23H25N5O3/c1-2-31-19-7-5-18(6-8-19)25-22(29)16-9-12-28(13-10-16)23(30)21-14-20(26-27-21)17-4-3-11-24-15-17/h3-8,11,14-16H,2,9-10,12-13H2,1H3,(H,25,29)(H,26,27). The zero-order valence-corrected chi connectivity index (χ0v) is 17.4. The van der Waals surface area contributed by atoms with Crippen molar-refractivity contribution in [2.75, 3.05) is 25.0 Å². The minimum absolute atomic E-state index is 0.0170. The van der Waals surface area contributed by atoms with Gasteiger partial charge in [-0.05, 0) is 62.2 Å². The van der Waals surface area contributed by atoms with E-state index < -0.39 is 0 Å². The lowest BCUT2D eigenvalue weighted by atomic mass is 9.95. The highest BCUT2D eigenvalue weighted by atomic mass is 16.5. The zero-order chi connectivity index (χ0) is 21.6. The smallest absolute Gasteiger partial charge is 0.271 e. The molecule has 0 saturated carbocycles. The number of carbonyl (C=O) groups excluding carboxylic acids is 2. The number of nitrogens with one attached hydrogen (secondary N) is 2. The summed E-state index contributed by atoms with van der Waals surface area (Å²) in [4.78, 5) is 31.3. The summed E-state index contributed by atoms with van der Waals surface area (Å²) in [5.41, 5.74) is 2.71. The Labute approximate surface area is 180 Å². The van der Waals surface area contributed by atoms with Gasteiger partial charge in [0.1, 0.15) is 11.4 Å². The number of benzene rings is 1. The lowest BCUT2D eigenvalue weighted by Gasteiger charge is -2.31. The first kappa shape index (κ1) is 20.6. The van der Waals surface area contributed by atoms with Gasteiger partial charge in [-0.3, -0.25) is 19.7 Å². The van der Waals surface area contributed by atoms with Crippen molar-refractivity contribution in [3.63, 3.8) is 0 Å². The lowest BCUT2D eigenvalue weighted by Crippen LogP contribution is -2.41. The van der Waals surface area contributed by atoms with E-state index in [9.17, 15) is 9.59 Å². The normalized spacial score (nSPS) is 14.3. The van der Waals surface area contributed by atoms with E-state index in [2.05, 4.69) is 20.5 Å². The van der Waals surface area contributed by atoms with Crippen LogP contribution < -0.4 is 10.1 Å².